The number of rotatable bonds is 5. The minimum atomic E-state index is -0.452. The van der Waals surface area contributed by atoms with Gasteiger partial charge in [0.05, 0.1) is 19.8 Å². The van der Waals surface area contributed by atoms with Gasteiger partial charge in [-0.2, -0.15) is 0 Å². The number of carbonyl (C=O) groups is 1. The number of ether oxygens (including phenoxy) is 3. The van der Waals surface area contributed by atoms with Crippen LogP contribution in [0.4, 0.5) is 0 Å². The number of benzene rings is 1. The lowest BCUT2D eigenvalue weighted by Gasteiger charge is -2.53. The van der Waals surface area contributed by atoms with Crippen molar-refractivity contribution in [3.63, 3.8) is 0 Å². The highest BCUT2D eigenvalue weighted by Crippen LogP contribution is 2.68. The molecule has 0 aromatic heterocycles. The summed E-state index contributed by atoms with van der Waals surface area (Å²) in [5.41, 5.74) is 2.79. The molecule has 184 valence electrons. The van der Waals surface area contributed by atoms with Crippen LogP contribution in [0.3, 0.4) is 0 Å². The van der Waals surface area contributed by atoms with Gasteiger partial charge >= 0.3 is 5.97 Å². The molecule has 33 heavy (non-hydrogen) atoms. The van der Waals surface area contributed by atoms with Gasteiger partial charge in [-0.3, -0.25) is 4.79 Å². The van der Waals surface area contributed by atoms with Crippen molar-refractivity contribution >= 4 is 5.97 Å². The monoisotopic (exact) mass is 458 g/mol. The van der Waals surface area contributed by atoms with Crippen LogP contribution in [-0.2, 0) is 25.4 Å². The maximum absolute atomic E-state index is 11.9. The van der Waals surface area contributed by atoms with E-state index in [0.717, 1.165) is 44.9 Å². The second kappa shape index (κ2) is 9.95. The smallest absolute Gasteiger partial charge is 0.305 e. The molecule has 2 saturated carbocycles. The van der Waals surface area contributed by atoms with Gasteiger partial charge in [0.15, 0.2) is 5.79 Å². The highest BCUT2D eigenvalue weighted by molar-refractivity contribution is 5.69. The Kier molecular flexibility index (Phi) is 7.40. The van der Waals surface area contributed by atoms with Crippen molar-refractivity contribution in [2.45, 2.75) is 90.8 Å². The van der Waals surface area contributed by atoms with Crippen LogP contribution in [-0.4, -0.2) is 36.7 Å². The van der Waals surface area contributed by atoms with Crippen molar-refractivity contribution in [2.24, 2.45) is 23.2 Å². The predicted molar refractivity (Wildman–Crippen MR) is 128 cm³/mol. The van der Waals surface area contributed by atoms with E-state index in [1.165, 1.54) is 11.1 Å². The van der Waals surface area contributed by atoms with Crippen LogP contribution in [0.5, 0.6) is 5.75 Å². The molecule has 3 fully saturated rings. The van der Waals surface area contributed by atoms with Crippen LogP contribution in [0.2, 0.25) is 0 Å². The molecule has 5 atom stereocenters. The number of esters is 1. The summed E-state index contributed by atoms with van der Waals surface area (Å²) >= 11 is 0. The zero-order valence-electron chi connectivity index (χ0n) is 20.9. The van der Waals surface area contributed by atoms with Crippen LogP contribution in [0.15, 0.2) is 18.2 Å². The fourth-order valence-corrected chi connectivity index (χ4v) is 7.76. The molecule has 1 N–H and O–H groups in total. The Balaban J connectivity index is 0.00000126. The number of fused-ring (bicyclic) bond motifs is 6. The predicted octanol–water partition coefficient (Wildman–Crippen LogP) is 5.98. The molecule has 1 aromatic carbocycles. The van der Waals surface area contributed by atoms with Crippen LogP contribution < -0.4 is 0 Å². The summed E-state index contributed by atoms with van der Waals surface area (Å²) in [6.07, 6.45) is 7.79. The highest BCUT2D eigenvalue weighted by atomic mass is 16.7. The fourth-order valence-electron chi connectivity index (χ4n) is 7.76. The van der Waals surface area contributed by atoms with Gasteiger partial charge in [0.25, 0.3) is 0 Å². The fraction of sp³-hybridized carbons (Fsp3) is 0.750. The topological polar surface area (TPSA) is 65.0 Å². The van der Waals surface area contributed by atoms with E-state index in [1.54, 1.807) is 0 Å². The summed E-state index contributed by atoms with van der Waals surface area (Å²) in [6, 6.07) is 5.98. The van der Waals surface area contributed by atoms with E-state index in [4.69, 9.17) is 14.2 Å². The van der Waals surface area contributed by atoms with E-state index in [1.807, 2.05) is 32.9 Å². The van der Waals surface area contributed by atoms with Gasteiger partial charge in [-0.05, 0) is 92.4 Å². The average Bonchev–Trinajstić information content (AvgIpc) is 3.38. The SMILES string of the molecule is CC.CCOC(=O)CCC[C@H]1CC2(OCCO2)C2(C)CCC3c4ccc(O)cc4CCC3C12. The van der Waals surface area contributed by atoms with Gasteiger partial charge in [0.1, 0.15) is 5.75 Å². The minimum absolute atomic E-state index is 0.0215. The molecule has 1 aromatic rings. The van der Waals surface area contributed by atoms with Crippen molar-refractivity contribution in [1.29, 1.82) is 0 Å². The Bertz CT molecular complexity index is 830. The lowest BCUT2D eigenvalue weighted by atomic mass is 9.53. The molecule has 1 aliphatic heterocycles. The molecular weight excluding hydrogens is 416 g/mol. The summed E-state index contributed by atoms with van der Waals surface area (Å²) in [5.74, 6) is 2.04. The molecule has 4 aliphatic rings. The summed E-state index contributed by atoms with van der Waals surface area (Å²) in [4.78, 5) is 11.9. The molecule has 5 nitrogen and oxygen atoms in total. The molecule has 0 amide bonds. The molecule has 0 radical (unpaired) electrons. The third-order valence-corrected chi connectivity index (χ3v) is 8.89. The van der Waals surface area contributed by atoms with Gasteiger partial charge in [0, 0.05) is 18.3 Å². The Hall–Kier alpha value is -1.59. The minimum Gasteiger partial charge on any atom is -0.508 e. The van der Waals surface area contributed by atoms with E-state index in [0.29, 0.717) is 55.7 Å². The first-order chi connectivity index (χ1) is 16.0. The van der Waals surface area contributed by atoms with E-state index in [2.05, 4.69) is 13.0 Å². The first-order valence-corrected chi connectivity index (χ1v) is 13.2. The van der Waals surface area contributed by atoms with Gasteiger partial charge in [-0.15, -0.1) is 0 Å². The number of aromatic hydroxyl groups is 1. The Labute approximate surface area is 199 Å². The molecule has 3 aliphatic carbocycles. The van der Waals surface area contributed by atoms with Gasteiger partial charge in [-0.25, -0.2) is 0 Å². The maximum atomic E-state index is 11.9. The number of aryl methyl sites for hydroxylation is 1. The molecule has 1 heterocycles. The first kappa shape index (κ1) is 24.5. The standard InChI is InChI=1S/C26H36O5.C2H6/c1-3-29-23(28)6-4-5-18-16-26(30-13-14-31-26)25(2)12-11-21-20-10-8-19(27)15-17(20)7-9-22(21)24(18)25;1-2/h8,10,15,18,21-22,24,27H,3-7,9,11-14,16H2,1-2H3;1-2H3/t18-,21?,22?,24?,25?;/m0./s1. The number of phenolic OH excluding ortho intramolecular Hbond substituents is 1. The van der Waals surface area contributed by atoms with Crippen molar-refractivity contribution in [3.8, 4) is 5.75 Å². The van der Waals surface area contributed by atoms with E-state index in [9.17, 15) is 9.90 Å². The van der Waals surface area contributed by atoms with E-state index >= 15 is 0 Å². The second-order valence-electron chi connectivity index (χ2n) is 10.3. The van der Waals surface area contributed by atoms with Crippen LogP contribution in [0, 0.1) is 23.2 Å². The second-order valence-corrected chi connectivity index (χ2v) is 10.3. The molecule has 1 spiro atoms. The Morgan fingerprint density at radius 2 is 1.97 bits per heavy atom. The van der Waals surface area contributed by atoms with Crippen LogP contribution in [0.1, 0.15) is 89.7 Å². The number of carbonyl (C=O) groups excluding carboxylic acids is 1. The lowest BCUT2D eigenvalue weighted by Crippen LogP contribution is -2.51. The van der Waals surface area contributed by atoms with Crippen molar-refractivity contribution in [1.82, 2.24) is 0 Å². The molecule has 1 saturated heterocycles. The Morgan fingerprint density at radius 3 is 2.70 bits per heavy atom. The molecular formula is C28H42O5. The largest absolute Gasteiger partial charge is 0.508 e. The van der Waals surface area contributed by atoms with Crippen LogP contribution in [0.25, 0.3) is 0 Å². The summed E-state index contributed by atoms with van der Waals surface area (Å²) < 4.78 is 17.9. The van der Waals surface area contributed by atoms with Crippen LogP contribution >= 0.6 is 0 Å². The first-order valence-electron chi connectivity index (χ1n) is 13.2. The zero-order chi connectivity index (χ0) is 23.6. The van der Waals surface area contributed by atoms with E-state index < -0.39 is 5.79 Å². The molecule has 5 heteroatoms. The zero-order valence-corrected chi connectivity index (χ0v) is 20.9. The van der Waals surface area contributed by atoms with Crippen molar-refractivity contribution < 1.29 is 24.1 Å². The van der Waals surface area contributed by atoms with E-state index in [-0.39, 0.29) is 11.4 Å². The maximum Gasteiger partial charge on any atom is 0.305 e. The third-order valence-electron chi connectivity index (χ3n) is 8.89. The van der Waals surface area contributed by atoms with Gasteiger partial charge in [-0.1, -0.05) is 26.8 Å². The normalized spacial score (nSPS) is 33.5. The van der Waals surface area contributed by atoms with Gasteiger partial charge < -0.3 is 19.3 Å². The number of phenols is 1. The van der Waals surface area contributed by atoms with Crippen molar-refractivity contribution in [3.05, 3.63) is 29.3 Å². The average molecular weight is 459 g/mol. The van der Waals surface area contributed by atoms with Crippen molar-refractivity contribution in [2.75, 3.05) is 19.8 Å². The summed E-state index contributed by atoms with van der Waals surface area (Å²) in [7, 11) is 0. The lowest BCUT2D eigenvalue weighted by molar-refractivity contribution is -0.237. The highest BCUT2D eigenvalue weighted by Gasteiger charge is 2.68. The number of hydrogen-bond donors (Lipinski definition) is 1. The quantitative estimate of drug-likeness (QED) is 0.550. The molecule has 4 unspecified atom stereocenters. The molecule has 5 rings (SSSR count). The van der Waals surface area contributed by atoms with Gasteiger partial charge in [0.2, 0.25) is 0 Å². The Morgan fingerprint density at radius 1 is 1.21 bits per heavy atom. The summed E-state index contributed by atoms with van der Waals surface area (Å²) in [5, 5.41) is 9.97. The summed E-state index contributed by atoms with van der Waals surface area (Å²) in [6.45, 7) is 10.1. The number of hydrogen-bond acceptors (Lipinski definition) is 5. The molecule has 0 bridgehead atoms. The third kappa shape index (κ3) is 4.20.